The molecule has 3 heteroatoms. The van der Waals surface area contributed by atoms with Crippen LogP contribution in [-0.4, -0.2) is 18.0 Å². The summed E-state index contributed by atoms with van der Waals surface area (Å²) in [5.41, 5.74) is 4.13. The largest absolute Gasteiger partial charge is 0.299 e. The number of hydrogen-bond acceptors (Lipinski definition) is 2. The van der Waals surface area contributed by atoms with E-state index in [-0.39, 0.29) is 4.87 Å². The van der Waals surface area contributed by atoms with Crippen LogP contribution in [0.4, 0.5) is 0 Å². The fourth-order valence-corrected chi connectivity index (χ4v) is 3.52. The molecule has 2 nitrogen and oxygen atoms in total. The van der Waals surface area contributed by atoms with E-state index >= 15 is 0 Å². The quantitative estimate of drug-likeness (QED) is 0.476. The lowest BCUT2D eigenvalue weighted by atomic mass is 10.0. The minimum Gasteiger partial charge on any atom is -0.299 e. The summed E-state index contributed by atoms with van der Waals surface area (Å²) >= 11 is 6.47. The van der Waals surface area contributed by atoms with Crippen LogP contribution in [0, 0.1) is 11.3 Å². The van der Waals surface area contributed by atoms with Crippen LogP contribution in [0.2, 0.25) is 0 Å². The zero-order chi connectivity index (χ0) is 19.5. The predicted molar refractivity (Wildman–Crippen MR) is 115 cm³/mol. The lowest BCUT2D eigenvalue weighted by Gasteiger charge is -2.21. The van der Waals surface area contributed by atoms with E-state index in [1.165, 1.54) is 43.0 Å². The van der Waals surface area contributed by atoms with E-state index in [1.807, 2.05) is 0 Å². The molecule has 2 aromatic carbocycles. The Kier molecular flexibility index (Phi) is 8.85. The van der Waals surface area contributed by atoms with Crippen molar-refractivity contribution in [2.75, 3.05) is 13.1 Å². The second-order valence-corrected chi connectivity index (χ2v) is 7.97. The molecular formula is C24H31ClN2. The molecule has 1 aliphatic carbocycles. The van der Waals surface area contributed by atoms with Gasteiger partial charge in [0.2, 0.25) is 0 Å². The van der Waals surface area contributed by atoms with E-state index in [0.29, 0.717) is 0 Å². The van der Waals surface area contributed by atoms with Crippen LogP contribution < -0.4 is 0 Å². The van der Waals surface area contributed by atoms with Crippen molar-refractivity contribution in [1.29, 1.82) is 5.26 Å². The molecule has 1 saturated carbocycles. The Morgan fingerprint density at radius 3 is 2.19 bits per heavy atom. The fraction of sp³-hybridized carbons (Fsp3) is 0.458. The van der Waals surface area contributed by atoms with Crippen molar-refractivity contribution >= 4 is 11.6 Å². The molecule has 2 aromatic rings. The van der Waals surface area contributed by atoms with Gasteiger partial charge >= 0.3 is 0 Å². The third-order valence-electron chi connectivity index (χ3n) is 4.89. The molecule has 0 amide bonds. The summed E-state index contributed by atoms with van der Waals surface area (Å²) < 4.78 is 0. The lowest BCUT2D eigenvalue weighted by molar-refractivity contribution is 0.262. The number of aryl methyl sites for hydroxylation is 1. The molecule has 1 fully saturated rings. The Morgan fingerprint density at radius 2 is 1.63 bits per heavy atom. The summed E-state index contributed by atoms with van der Waals surface area (Å²) in [6.45, 7) is 7.07. The number of alkyl halides is 1. The van der Waals surface area contributed by atoms with Crippen molar-refractivity contribution in [3.8, 4) is 6.07 Å². The molecule has 0 radical (unpaired) electrons. The molecule has 0 unspecified atom stereocenters. The Bertz CT molecular complexity index is 699. The minimum atomic E-state index is -0.0356. The highest BCUT2D eigenvalue weighted by molar-refractivity contribution is 6.25. The topological polar surface area (TPSA) is 27.0 Å². The number of halogens is 1. The van der Waals surface area contributed by atoms with Gasteiger partial charge in [-0.25, -0.2) is 0 Å². The molecule has 0 atom stereocenters. The van der Waals surface area contributed by atoms with E-state index < -0.39 is 0 Å². The molecule has 0 saturated heterocycles. The molecule has 0 aliphatic heterocycles. The first kappa shape index (κ1) is 21.5. The van der Waals surface area contributed by atoms with Crippen LogP contribution >= 0.6 is 11.6 Å². The molecule has 27 heavy (non-hydrogen) atoms. The second kappa shape index (κ2) is 11.1. The zero-order valence-electron chi connectivity index (χ0n) is 16.6. The van der Waals surface area contributed by atoms with Gasteiger partial charge in [0.05, 0.1) is 10.9 Å². The summed E-state index contributed by atoms with van der Waals surface area (Å²) in [5.74, 6) is 0. The van der Waals surface area contributed by atoms with Crippen molar-refractivity contribution in [2.45, 2.75) is 57.4 Å². The maximum atomic E-state index is 7.32. The van der Waals surface area contributed by atoms with Gasteiger partial charge in [-0.2, -0.15) is 5.26 Å². The summed E-state index contributed by atoms with van der Waals surface area (Å²) in [6.07, 6.45) is 5.81. The summed E-state index contributed by atoms with van der Waals surface area (Å²) in [7, 11) is 0. The lowest BCUT2D eigenvalue weighted by Crippen LogP contribution is -2.25. The summed E-state index contributed by atoms with van der Waals surface area (Å²) in [5, 5.41) is 7.32. The maximum Gasteiger partial charge on any atom is 0.0696 e. The third-order valence-corrected chi connectivity index (χ3v) is 5.49. The normalized spacial score (nSPS) is 14.2. The molecule has 0 spiro atoms. The number of rotatable bonds is 9. The van der Waals surface area contributed by atoms with Gasteiger partial charge in [-0.3, -0.25) is 4.90 Å². The highest BCUT2D eigenvalue weighted by atomic mass is 35.5. The zero-order valence-corrected chi connectivity index (χ0v) is 17.4. The monoisotopic (exact) mass is 382 g/mol. The number of nitrogens with zero attached hydrogens (tertiary/aromatic N) is 2. The highest BCUT2D eigenvalue weighted by Crippen LogP contribution is 2.51. The molecule has 0 heterocycles. The van der Waals surface area contributed by atoms with Gasteiger partial charge < -0.3 is 0 Å². The third kappa shape index (κ3) is 7.37. The van der Waals surface area contributed by atoms with Crippen LogP contribution in [0.25, 0.3) is 0 Å². The number of nitriles is 1. The molecule has 144 valence electrons. The molecule has 0 N–H and O–H groups in total. The van der Waals surface area contributed by atoms with Gasteiger partial charge in [-0.15, -0.1) is 11.6 Å². The first-order valence-electron chi connectivity index (χ1n) is 9.96. The van der Waals surface area contributed by atoms with Gasteiger partial charge in [-0.05, 0) is 61.9 Å². The van der Waals surface area contributed by atoms with Crippen molar-refractivity contribution in [1.82, 2.24) is 4.90 Å². The van der Waals surface area contributed by atoms with Gasteiger partial charge in [0.15, 0.2) is 0 Å². The molecule has 0 aromatic heterocycles. The maximum absolute atomic E-state index is 7.32. The van der Waals surface area contributed by atoms with Crippen molar-refractivity contribution < 1.29 is 0 Å². The van der Waals surface area contributed by atoms with Gasteiger partial charge in [-0.1, -0.05) is 61.5 Å². The van der Waals surface area contributed by atoms with Crippen LogP contribution in [0.5, 0.6) is 0 Å². The van der Waals surface area contributed by atoms with Crippen molar-refractivity contribution in [3.63, 3.8) is 0 Å². The van der Waals surface area contributed by atoms with Gasteiger partial charge in [0, 0.05) is 13.5 Å². The highest BCUT2D eigenvalue weighted by Gasteiger charge is 2.41. The van der Waals surface area contributed by atoms with Crippen molar-refractivity contribution in [2.24, 2.45) is 0 Å². The van der Waals surface area contributed by atoms with Crippen LogP contribution in [-0.2, 0) is 17.8 Å². The summed E-state index contributed by atoms with van der Waals surface area (Å²) in [4.78, 5) is 2.54. The summed E-state index contributed by atoms with van der Waals surface area (Å²) in [6, 6.07) is 21.5. The second-order valence-electron chi connectivity index (χ2n) is 7.25. The first-order chi connectivity index (χ1) is 13.1. The van der Waals surface area contributed by atoms with E-state index in [4.69, 9.17) is 16.9 Å². The fourth-order valence-electron chi connectivity index (χ4n) is 3.30. The van der Waals surface area contributed by atoms with Gasteiger partial charge in [0.1, 0.15) is 0 Å². The van der Waals surface area contributed by atoms with E-state index in [9.17, 15) is 0 Å². The first-order valence-corrected chi connectivity index (χ1v) is 10.3. The predicted octanol–water partition coefficient (Wildman–Crippen LogP) is 6.29. The van der Waals surface area contributed by atoms with E-state index in [2.05, 4.69) is 66.4 Å². The molecule has 0 bridgehead atoms. The average molecular weight is 383 g/mol. The molecule has 3 rings (SSSR count). The minimum absolute atomic E-state index is 0.0356. The van der Waals surface area contributed by atoms with Crippen LogP contribution in [0.3, 0.4) is 0 Å². The Labute approximate surface area is 169 Å². The molecule has 1 aliphatic rings. The van der Waals surface area contributed by atoms with Crippen LogP contribution in [0.15, 0.2) is 54.6 Å². The van der Waals surface area contributed by atoms with E-state index in [1.54, 1.807) is 6.07 Å². The SMILES string of the molecule is CC#N.CCCN(CCCc1ccc(C2(Cl)CC2)cc1)Cc1ccccc1. The van der Waals surface area contributed by atoms with Gasteiger partial charge in [0.25, 0.3) is 0 Å². The number of hydrogen-bond donors (Lipinski definition) is 0. The average Bonchev–Trinajstić information content (AvgIpc) is 3.43. The number of benzene rings is 2. The Morgan fingerprint density at radius 1 is 1.00 bits per heavy atom. The Hall–Kier alpha value is -1.82. The van der Waals surface area contributed by atoms with Crippen molar-refractivity contribution in [3.05, 3.63) is 71.3 Å². The smallest absolute Gasteiger partial charge is 0.0696 e. The Balaban J connectivity index is 0.000000817. The van der Waals surface area contributed by atoms with E-state index in [0.717, 1.165) is 32.4 Å². The molecular weight excluding hydrogens is 352 g/mol. The van der Waals surface area contributed by atoms with Crippen LogP contribution in [0.1, 0.15) is 56.2 Å². The standard InChI is InChI=1S/C22H28ClN.C2H3N/c1-2-16-24(18-20-7-4-3-5-8-20)17-6-9-19-10-12-21(13-11-19)22(23)14-15-22;1-2-3/h3-5,7-8,10-13H,2,6,9,14-18H2,1H3;1H3.